The summed E-state index contributed by atoms with van der Waals surface area (Å²) < 4.78 is 16.2. The number of fused-ring (bicyclic) bond motifs is 3. The highest BCUT2D eigenvalue weighted by molar-refractivity contribution is 5.88. The van der Waals surface area contributed by atoms with Gasteiger partial charge in [-0.1, -0.05) is 48.5 Å². The van der Waals surface area contributed by atoms with Crippen LogP contribution in [0.4, 0.5) is 4.79 Å². The average molecular weight is 433 g/mol. The molecular weight excluding hydrogens is 410 g/mol. The summed E-state index contributed by atoms with van der Waals surface area (Å²) in [5, 5.41) is 11.8. The fraction of sp³-hybridized carbons (Fsp3) is 0.200. The normalized spacial score (nSPS) is 11.9. The molecule has 0 radical (unpaired) electrons. The van der Waals surface area contributed by atoms with Crippen molar-refractivity contribution >= 4 is 12.1 Å². The maximum Gasteiger partial charge on any atom is 0.407 e. The van der Waals surface area contributed by atoms with Gasteiger partial charge in [-0.15, -0.1) is 0 Å². The molecule has 0 spiro atoms. The molecule has 0 atom stereocenters. The largest absolute Gasteiger partial charge is 0.493 e. The van der Waals surface area contributed by atoms with Crippen molar-refractivity contribution in [2.75, 3.05) is 26.9 Å². The summed E-state index contributed by atoms with van der Waals surface area (Å²) in [6.45, 7) is 0.552. The summed E-state index contributed by atoms with van der Waals surface area (Å²) in [4.78, 5) is 23.3. The molecule has 2 N–H and O–H groups in total. The molecule has 0 unspecified atom stereocenters. The minimum atomic E-state index is -1.06. The van der Waals surface area contributed by atoms with Gasteiger partial charge in [0.1, 0.15) is 13.2 Å². The molecule has 0 fully saturated rings. The highest BCUT2D eigenvalue weighted by atomic mass is 16.5. The van der Waals surface area contributed by atoms with Gasteiger partial charge in [0.05, 0.1) is 19.2 Å². The number of rotatable bonds is 8. The summed E-state index contributed by atoms with van der Waals surface area (Å²) in [6, 6.07) is 20.6. The molecule has 4 rings (SSSR count). The van der Waals surface area contributed by atoms with Gasteiger partial charge < -0.3 is 24.6 Å². The van der Waals surface area contributed by atoms with E-state index in [2.05, 4.69) is 29.6 Å². The zero-order valence-corrected chi connectivity index (χ0v) is 17.5. The molecule has 32 heavy (non-hydrogen) atoms. The van der Waals surface area contributed by atoms with E-state index in [0.717, 1.165) is 11.1 Å². The summed E-state index contributed by atoms with van der Waals surface area (Å²) in [6.07, 6.45) is -0.540. The first-order chi connectivity index (χ1) is 15.6. The maximum atomic E-state index is 12.2. The Balaban J connectivity index is 1.30. The molecule has 1 aliphatic rings. The van der Waals surface area contributed by atoms with E-state index in [0.29, 0.717) is 11.5 Å². The summed E-state index contributed by atoms with van der Waals surface area (Å²) in [5.41, 5.74) is 4.72. The molecule has 0 heterocycles. The number of nitrogens with one attached hydrogen (secondary N) is 1. The van der Waals surface area contributed by atoms with Crippen LogP contribution in [0.15, 0.2) is 66.7 Å². The lowest BCUT2D eigenvalue weighted by Crippen LogP contribution is -2.30. The highest BCUT2D eigenvalue weighted by Crippen LogP contribution is 2.44. The van der Waals surface area contributed by atoms with Gasteiger partial charge in [0.25, 0.3) is 0 Å². The number of methoxy groups -OCH3 is 1. The molecule has 3 aromatic rings. The lowest BCUT2D eigenvalue weighted by atomic mass is 9.98. The maximum absolute atomic E-state index is 12.2. The second-order valence-electron chi connectivity index (χ2n) is 7.27. The number of hydrogen-bond acceptors (Lipinski definition) is 5. The number of aromatic carboxylic acids is 1. The van der Waals surface area contributed by atoms with E-state index in [1.165, 1.54) is 36.4 Å². The van der Waals surface area contributed by atoms with Crippen LogP contribution in [0.25, 0.3) is 11.1 Å². The Morgan fingerprint density at radius 2 is 1.59 bits per heavy atom. The minimum Gasteiger partial charge on any atom is -0.493 e. The molecule has 1 aliphatic carbocycles. The molecule has 0 saturated heterocycles. The van der Waals surface area contributed by atoms with E-state index < -0.39 is 12.1 Å². The van der Waals surface area contributed by atoms with Crippen LogP contribution in [0.1, 0.15) is 27.4 Å². The smallest absolute Gasteiger partial charge is 0.407 e. The topological polar surface area (TPSA) is 94.1 Å². The lowest BCUT2D eigenvalue weighted by molar-refractivity contribution is 0.0696. The third-order valence-electron chi connectivity index (χ3n) is 5.38. The summed E-state index contributed by atoms with van der Waals surface area (Å²) >= 11 is 0. The van der Waals surface area contributed by atoms with E-state index in [-0.39, 0.29) is 31.2 Å². The first-order valence-electron chi connectivity index (χ1n) is 10.2. The summed E-state index contributed by atoms with van der Waals surface area (Å²) in [7, 11) is 1.47. The molecular formula is C25H23NO6. The number of benzene rings is 3. The third-order valence-corrected chi connectivity index (χ3v) is 5.38. The molecule has 1 amide bonds. The van der Waals surface area contributed by atoms with Crippen LogP contribution in [0.5, 0.6) is 11.5 Å². The highest BCUT2D eigenvalue weighted by Gasteiger charge is 2.28. The van der Waals surface area contributed by atoms with Crippen LogP contribution >= 0.6 is 0 Å². The van der Waals surface area contributed by atoms with Crippen LogP contribution in [-0.2, 0) is 4.74 Å². The van der Waals surface area contributed by atoms with Crippen LogP contribution < -0.4 is 14.8 Å². The van der Waals surface area contributed by atoms with Gasteiger partial charge in [-0.3, -0.25) is 0 Å². The van der Waals surface area contributed by atoms with Crippen molar-refractivity contribution in [3.63, 3.8) is 0 Å². The van der Waals surface area contributed by atoms with Crippen LogP contribution in [0.2, 0.25) is 0 Å². The predicted molar refractivity (Wildman–Crippen MR) is 119 cm³/mol. The molecule has 7 heteroatoms. The fourth-order valence-corrected chi connectivity index (χ4v) is 3.89. The number of amides is 1. The quantitative estimate of drug-likeness (QED) is 0.514. The zero-order chi connectivity index (χ0) is 22.5. The van der Waals surface area contributed by atoms with Crippen molar-refractivity contribution in [2.45, 2.75) is 5.92 Å². The Morgan fingerprint density at radius 1 is 0.938 bits per heavy atom. The number of carboxylic acids is 1. The van der Waals surface area contributed by atoms with Crippen molar-refractivity contribution in [1.29, 1.82) is 0 Å². The van der Waals surface area contributed by atoms with Crippen molar-refractivity contribution < 1.29 is 28.9 Å². The zero-order valence-electron chi connectivity index (χ0n) is 17.5. The average Bonchev–Trinajstić information content (AvgIpc) is 3.14. The van der Waals surface area contributed by atoms with Crippen molar-refractivity contribution in [3.8, 4) is 22.6 Å². The molecule has 0 saturated carbocycles. The predicted octanol–water partition coefficient (Wildman–Crippen LogP) is 4.31. The standard InChI is InChI=1S/C25H23NO6/c1-30-22-11-10-16(24(27)28)14-23(22)31-13-12-26-25(29)32-15-21-19-8-4-2-6-17(19)18-7-3-5-9-20(18)21/h2-11,14,21H,12-13,15H2,1H3,(H,26,29)(H,27,28). The van der Waals surface area contributed by atoms with Crippen molar-refractivity contribution in [3.05, 3.63) is 83.4 Å². The van der Waals surface area contributed by atoms with E-state index in [9.17, 15) is 9.59 Å². The number of carbonyl (C=O) groups excluding carboxylic acids is 1. The fourth-order valence-electron chi connectivity index (χ4n) is 3.89. The molecule has 0 bridgehead atoms. The first kappa shape index (κ1) is 21.2. The van der Waals surface area contributed by atoms with E-state index in [4.69, 9.17) is 19.3 Å². The SMILES string of the molecule is COc1ccc(C(=O)O)cc1OCCNC(=O)OCC1c2ccccc2-c2ccccc21. The number of carbonyl (C=O) groups is 2. The van der Waals surface area contributed by atoms with E-state index in [1.54, 1.807) is 0 Å². The van der Waals surface area contributed by atoms with Crippen molar-refractivity contribution in [2.24, 2.45) is 0 Å². The third kappa shape index (κ3) is 4.37. The second kappa shape index (κ2) is 9.43. The Labute approximate surface area is 185 Å². The molecule has 7 nitrogen and oxygen atoms in total. The lowest BCUT2D eigenvalue weighted by Gasteiger charge is -2.15. The Hall–Kier alpha value is -4.00. The van der Waals surface area contributed by atoms with Gasteiger partial charge in [-0.25, -0.2) is 9.59 Å². The van der Waals surface area contributed by atoms with Crippen LogP contribution in [0, 0.1) is 0 Å². The minimum absolute atomic E-state index is 0.00702. The Morgan fingerprint density at radius 3 is 2.22 bits per heavy atom. The monoisotopic (exact) mass is 433 g/mol. The van der Waals surface area contributed by atoms with E-state index >= 15 is 0 Å². The molecule has 164 valence electrons. The first-order valence-corrected chi connectivity index (χ1v) is 10.2. The Bertz CT molecular complexity index is 1100. The van der Waals surface area contributed by atoms with Gasteiger partial charge in [0.2, 0.25) is 0 Å². The molecule has 0 aliphatic heterocycles. The molecule has 0 aromatic heterocycles. The van der Waals surface area contributed by atoms with E-state index in [1.807, 2.05) is 24.3 Å². The van der Waals surface area contributed by atoms with Crippen LogP contribution in [-0.4, -0.2) is 44.0 Å². The van der Waals surface area contributed by atoms with Crippen LogP contribution in [0.3, 0.4) is 0 Å². The summed E-state index contributed by atoms with van der Waals surface area (Å²) in [5.74, 6) is -0.362. The number of alkyl carbamates (subject to hydrolysis) is 1. The Kier molecular flexibility index (Phi) is 6.26. The van der Waals surface area contributed by atoms with Gasteiger partial charge in [0, 0.05) is 5.92 Å². The van der Waals surface area contributed by atoms with Gasteiger partial charge in [-0.05, 0) is 40.5 Å². The number of carboxylic acid groups (broad SMARTS) is 1. The van der Waals surface area contributed by atoms with Gasteiger partial charge >= 0.3 is 12.1 Å². The molecule has 3 aromatic carbocycles. The second-order valence-corrected chi connectivity index (χ2v) is 7.27. The number of hydrogen-bond donors (Lipinski definition) is 2. The number of ether oxygens (including phenoxy) is 3. The van der Waals surface area contributed by atoms with Gasteiger partial charge in [-0.2, -0.15) is 0 Å². The van der Waals surface area contributed by atoms with Gasteiger partial charge in [0.15, 0.2) is 11.5 Å². The van der Waals surface area contributed by atoms with Crippen molar-refractivity contribution in [1.82, 2.24) is 5.32 Å².